The number of aliphatic hydroxyl groups excluding tert-OH is 1. The second-order valence-electron chi connectivity index (χ2n) is 3.31. The van der Waals surface area contributed by atoms with Gasteiger partial charge in [0.25, 0.3) is 0 Å². The molecule has 3 heteroatoms. The lowest BCUT2D eigenvalue weighted by Crippen LogP contribution is -2.25. The Kier molecular flexibility index (Phi) is 6.59. The van der Waals surface area contributed by atoms with Crippen LogP contribution >= 0.6 is 0 Å². The van der Waals surface area contributed by atoms with E-state index >= 15 is 0 Å². The van der Waals surface area contributed by atoms with Gasteiger partial charge in [0.2, 0.25) is 0 Å². The molecule has 0 aromatic carbocycles. The van der Waals surface area contributed by atoms with E-state index in [4.69, 9.17) is 9.84 Å². The van der Waals surface area contributed by atoms with Gasteiger partial charge in [-0.3, -0.25) is 0 Å². The number of ether oxygens (including phenoxy) is 1. The minimum atomic E-state index is -1.00. The van der Waals surface area contributed by atoms with E-state index in [2.05, 4.69) is 13.8 Å². The summed E-state index contributed by atoms with van der Waals surface area (Å²) in [7, 11) is 0. The second kappa shape index (κ2) is 6.89. The van der Waals surface area contributed by atoms with E-state index in [1.165, 1.54) is 6.92 Å². The van der Waals surface area contributed by atoms with Gasteiger partial charge in [0, 0.05) is 0 Å². The standard InChI is InChI=1S/C10H20O3/c1-4-6-9(7-5-2)13-10(12)8(3)11/h8-9,11H,4-7H2,1-3H3. The third-order valence-electron chi connectivity index (χ3n) is 1.85. The van der Waals surface area contributed by atoms with Gasteiger partial charge in [-0.15, -0.1) is 0 Å². The maximum absolute atomic E-state index is 11.0. The molecule has 0 fully saturated rings. The minimum Gasteiger partial charge on any atom is -0.460 e. The second-order valence-corrected chi connectivity index (χ2v) is 3.31. The highest BCUT2D eigenvalue weighted by Crippen LogP contribution is 2.10. The van der Waals surface area contributed by atoms with Crippen molar-refractivity contribution in [1.82, 2.24) is 0 Å². The summed E-state index contributed by atoms with van der Waals surface area (Å²) >= 11 is 0. The van der Waals surface area contributed by atoms with Crippen LogP contribution in [0.25, 0.3) is 0 Å². The molecule has 0 rings (SSSR count). The summed E-state index contributed by atoms with van der Waals surface area (Å²) in [5.41, 5.74) is 0. The number of aliphatic hydroxyl groups is 1. The average molecular weight is 188 g/mol. The summed E-state index contributed by atoms with van der Waals surface area (Å²) < 4.78 is 5.10. The molecule has 13 heavy (non-hydrogen) atoms. The maximum Gasteiger partial charge on any atom is 0.334 e. The van der Waals surface area contributed by atoms with Crippen molar-refractivity contribution in [3.8, 4) is 0 Å². The van der Waals surface area contributed by atoms with E-state index in [0.29, 0.717) is 0 Å². The number of hydrogen-bond acceptors (Lipinski definition) is 3. The van der Waals surface area contributed by atoms with Crippen molar-refractivity contribution in [2.45, 2.75) is 58.7 Å². The van der Waals surface area contributed by atoms with Gasteiger partial charge in [-0.1, -0.05) is 26.7 Å². The monoisotopic (exact) mass is 188 g/mol. The van der Waals surface area contributed by atoms with Gasteiger partial charge >= 0.3 is 5.97 Å². The normalized spacial score (nSPS) is 13.0. The Balaban J connectivity index is 3.86. The van der Waals surface area contributed by atoms with Gasteiger partial charge in [-0.25, -0.2) is 4.79 Å². The summed E-state index contributed by atoms with van der Waals surface area (Å²) in [6.07, 6.45) is 2.74. The van der Waals surface area contributed by atoms with Crippen LogP contribution in [-0.4, -0.2) is 23.3 Å². The molecule has 0 heterocycles. The van der Waals surface area contributed by atoms with Crippen LogP contribution in [0.3, 0.4) is 0 Å². The van der Waals surface area contributed by atoms with Crippen LogP contribution in [0.5, 0.6) is 0 Å². The fourth-order valence-electron chi connectivity index (χ4n) is 1.17. The van der Waals surface area contributed by atoms with E-state index in [-0.39, 0.29) is 6.10 Å². The van der Waals surface area contributed by atoms with Crippen molar-refractivity contribution in [3.05, 3.63) is 0 Å². The van der Waals surface area contributed by atoms with Gasteiger partial charge in [0.05, 0.1) is 0 Å². The lowest BCUT2D eigenvalue weighted by atomic mass is 10.1. The van der Waals surface area contributed by atoms with Crippen molar-refractivity contribution in [1.29, 1.82) is 0 Å². The first kappa shape index (κ1) is 12.4. The first-order valence-corrected chi connectivity index (χ1v) is 5.00. The molecule has 1 atom stereocenters. The van der Waals surface area contributed by atoms with Gasteiger partial charge < -0.3 is 9.84 Å². The van der Waals surface area contributed by atoms with Crippen LogP contribution < -0.4 is 0 Å². The zero-order chi connectivity index (χ0) is 10.3. The molecule has 0 amide bonds. The molecule has 0 radical (unpaired) electrons. The average Bonchev–Trinajstić information content (AvgIpc) is 2.05. The summed E-state index contributed by atoms with van der Waals surface area (Å²) in [5.74, 6) is -0.507. The molecule has 0 saturated heterocycles. The molecule has 0 aromatic rings. The third kappa shape index (κ3) is 5.64. The van der Waals surface area contributed by atoms with Crippen LogP contribution in [0.15, 0.2) is 0 Å². The predicted octanol–water partition coefficient (Wildman–Crippen LogP) is 1.88. The molecule has 0 aromatic heterocycles. The fraction of sp³-hybridized carbons (Fsp3) is 0.900. The molecule has 0 saturated carbocycles. The van der Waals surface area contributed by atoms with Crippen LogP contribution in [0.1, 0.15) is 46.5 Å². The number of carbonyl (C=O) groups is 1. The largest absolute Gasteiger partial charge is 0.460 e. The fourth-order valence-corrected chi connectivity index (χ4v) is 1.17. The summed E-state index contributed by atoms with van der Waals surface area (Å²) in [6, 6.07) is 0. The van der Waals surface area contributed by atoms with Crippen molar-refractivity contribution < 1.29 is 14.6 Å². The molecular formula is C10H20O3. The molecule has 1 N–H and O–H groups in total. The highest BCUT2D eigenvalue weighted by molar-refractivity contribution is 5.73. The van der Waals surface area contributed by atoms with Gasteiger partial charge in [0.1, 0.15) is 12.2 Å². The van der Waals surface area contributed by atoms with E-state index < -0.39 is 12.1 Å². The zero-order valence-electron chi connectivity index (χ0n) is 8.75. The predicted molar refractivity (Wildman–Crippen MR) is 51.4 cm³/mol. The Morgan fingerprint density at radius 1 is 1.31 bits per heavy atom. The quantitative estimate of drug-likeness (QED) is 0.647. The van der Waals surface area contributed by atoms with E-state index in [0.717, 1.165) is 25.7 Å². The van der Waals surface area contributed by atoms with Crippen molar-refractivity contribution in [2.75, 3.05) is 0 Å². The Morgan fingerprint density at radius 3 is 2.08 bits per heavy atom. The van der Waals surface area contributed by atoms with Crippen molar-refractivity contribution in [2.24, 2.45) is 0 Å². The number of hydrogen-bond donors (Lipinski definition) is 1. The molecular weight excluding hydrogens is 168 g/mol. The molecule has 0 aliphatic rings. The Morgan fingerprint density at radius 2 is 1.77 bits per heavy atom. The lowest BCUT2D eigenvalue weighted by molar-refractivity contribution is -0.158. The Hall–Kier alpha value is -0.570. The smallest absolute Gasteiger partial charge is 0.334 e. The molecule has 0 aliphatic carbocycles. The van der Waals surface area contributed by atoms with Gasteiger partial charge in [-0.05, 0) is 19.8 Å². The number of esters is 1. The minimum absolute atomic E-state index is 0.0166. The number of rotatable bonds is 6. The third-order valence-corrected chi connectivity index (χ3v) is 1.85. The van der Waals surface area contributed by atoms with Crippen LogP contribution in [0.2, 0.25) is 0 Å². The SMILES string of the molecule is CCCC(CCC)OC(=O)C(C)O. The number of carbonyl (C=O) groups excluding carboxylic acids is 1. The van der Waals surface area contributed by atoms with Crippen LogP contribution in [0.4, 0.5) is 0 Å². The molecule has 0 aliphatic heterocycles. The van der Waals surface area contributed by atoms with E-state index in [1.54, 1.807) is 0 Å². The molecule has 0 spiro atoms. The first-order chi connectivity index (χ1) is 6.11. The molecule has 78 valence electrons. The summed E-state index contributed by atoms with van der Waals surface area (Å²) in [5, 5.41) is 8.93. The van der Waals surface area contributed by atoms with E-state index in [1.807, 2.05) is 0 Å². The lowest BCUT2D eigenvalue weighted by Gasteiger charge is -2.17. The van der Waals surface area contributed by atoms with E-state index in [9.17, 15) is 4.79 Å². The van der Waals surface area contributed by atoms with Gasteiger partial charge in [0.15, 0.2) is 0 Å². The highest BCUT2D eigenvalue weighted by atomic mass is 16.6. The Bertz CT molecular complexity index is 137. The van der Waals surface area contributed by atoms with Gasteiger partial charge in [-0.2, -0.15) is 0 Å². The van der Waals surface area contributed by atoms with Crippen LogP contribution in [0, 0.1) is 0 Å². The maximum atomic E-state index is 11.0. The van der Waals surface area contributed by atoms with Crippen molar-refractivity contribution in [3.63, 3.8) is 0 Å². The first-order valence-electron chi connectivity index (χ1n) is 5.00. The summed E-state index contributed by atoms with van der Waals surface area (Å²) in [6.45, 7) is 5.54. The Labute approximate surface area is 80.1 Å². The molecule has 3 nitrogen and oxygen atoms in total. The summed E-state index contributed by atoms with van der Waals surface area (Å²) in [4.78, 5) is 11.0. The van der Waals surface area contributed by atoms with Crippen LogP contribution in [-0.2, 0) is 9.53 Å². The molecule has 0 bridgehead atoms. The van der Waals surface area contributed by atoms with Crippen molar-refractivity contribution >= 4 is 5.97 Å². The topological polar surface area (TPSA) is 46.5 Å². The highest BCUT2D eigenvalue weighted by Gasteiger charge is 2.16. The molecule has 1 unspecified atom stereocenters. The zero-order valence-corrected chi connectivity index (χ0v) is 8.75.